The highest BCUT2D eigenvalue weighted by Gasteiger charge is 2.11. The number of thioether (sulfide) groups is 1. The molecule has 0 saturated carbocycles. The molecule has 0 unspecified atom stereocenters. The van der Waals surface area contributed by atoms with Gasteiger partial charge in [0.15, 0.2) is 0 Å². The van der Waals surface area contributed by atoms with Crippen molar-refractivity contribution < 1.29 is 9.90 Å². The second kappa shape index (κ2) is 7.07. The third-order valence-corrected chi connectivity index (χ3v) is 3.90. The van der Waals surface area contributed by atoms with Gasteiger partial charge >= 0.3 is 0 Å². The summed E-state index contributed by atoms with van der Waals surface area (Å²) in [6.45, 7) is 0.476. The fraction of sp³-hybridized carbons (Fsp3) is 0.385. The van der Waals surface area contributed by atoms with E-state index in [1.807, 2.05) is 6.07 Å². The number of rotatable bonds is 6. The molecule has 1 heterocycles. The summed E-state index contributed by atoms with van der Waals surface area (Å²) in [4.78, 5) is 13.7. The van der Waals surface area contributed by atoms with Crippen LogP contribution in [0.3, 0.4) is 0 Å². The molecule has 0 aliphatic carbocycles. The first kappa shape index (κ1) is 15.3. The summed E-state index contributed by atoms with van der Waals surface area (Å²) in [6, 6.07) is 6.91. The van der Waals surface area contributed by atoms with Gasteiger partial charge in [-0.3, -0.25) is 4.79 Å². The second-order valence-electron chi connectivity index (χ2n) is 4.60. The molecule has 1 aromatic heterocycles. The van der Waals surface area contributed by atoms with Crippen molar-refractivity contribution in [2.24, 2.45) is 7.05 Å². The van der Waals surface area contributed by atoms with E-state index in [4.69, 9.17) is 0 Å². The fourth-order valence-corrected chi connectivity index (χ4v) is 2.56. The van der Waals surface area contributed by atoms with Crippen molar-refractivity contribution in [3.05, 3.63) is 29.8 Å². The van der Waals surface area contributed by atoms with Gasteiger partial charge in [0.2, 0.25) is 11.1 Å². The van der Waals surface area contributed by atoms with Crippen LogP contribution in [0.4, 0.5) is 0 Å². The van der Waals surface area contributed by atoms with Gasteiger partial charge < -0.3 is 10.0 Å². The Kier molecular flexibility index (Phi) is 5.15. The number of carbonyl (C=O) groups is 1. The highest BCUT2D eigenvalue weighted by molar-refractivity contribution is 7.99. The molecule has 0 aliphatic heterocycles. The molecule has 0 saturated heterocycles. The number of nitrogens with zero attached hydrogens (tertiary/aromatic N) is 5. The van der Waals surface area contributed by atoms with Crippen LogP contribution in [0.1, 0.15) is 12.0 Å². The van der Waals surface area contributed by atoms with Gasteiger partial charge in [-0.25, -0.2) is 4.68 Å². The normalized spacial score (nSPS) is 10.6. The lowest BCUT2D eigenvalue weighted by atomic mass is 10.2. The molecule has 0 bridgehead atoms. The van der Waals surface area contributed by atoms with Crippen LogP contribution >= 0.6 is 11.8 Å². The maximum Gasteiger partial charge on any atom is 0.223 e. The van der Waals surface area contributed by atoms with Crippen molar-refractivity contribution in [2.75, 3.05) is 12.8 Å². The van der Waals surface area contributed by atoms with E-state index in [0.29, 0.717) is 23.9 Å². The second-order valence-corrected chi connectivity index (χ2v) is 5.67. The summed E-state index contributed by atoms with van der Waals surface area (Å²) in [6.07, 6.45) is 0.410. The Hall–Kier alpha value is -2.09. The van der Waals surface area contributed by atoms with Crippen LogP contribution in [-0.2, 0) is 18.4 Å². The summed E-state index contributed by atoms with van der Waals surface area (Å²) in [7, 11) is 3.51. The topological polar surface area (TPSA) is 84.1 Å². The minimum absolute atomic E-state index is 0.0426. The summed E-state index contributed by atoms with van der Waals surface area (Å²) in [5, 5.41) is 21.2. The van der Waals surface area contributed by atoms with E-state index in [-0.39, 0.29) is 11.7 Å². The summed E-state index contributed by atoms with van der Waals surface area (Å²) >= 11 is 1.45. The van der Waals surface area contributed by atoms with Gasteiger partial charge in [-0.1, -0.05) is 23.9 Å². The van der Waals surface area contributed by atoms with E-state index in [1.165, 1.54) is 11.8 Å². The number of phenolic OH excluding ortho intramolecular Hbond substituents is 1. The fourth-order valence-electron chi connectivity index (χ4n) is 1.78. The van der Waals surface area contributed by atoms with Gasteiger partial charge in [0.05, 0.1) is 0 Å². The SMILES string of the molecule is CN(Cc1cccc(O)c1)C(=O)CCSc1nnnn1C. The molecule has 0 atom stereocenters. The number of benzene rings is 1. The monoisotopic (exact) mass is 307 g/mol. The molecular formula is C13H17N5O2S. The Balaban J connectivity index is 1.79. The smallest absolute Gasteiger partial charge is 0.223 e. The van der Waals surface area contributed by atoms with Crippen LogP contribution < -0.4 is 0 Å². The Morgan fingerprint density at radius 1 is 1.48 bits per heavy atom. The van der Waals surface area contributed by atoms with Gasteiger partial charge in [-0.05, 0) is 28.1 Å². The average molecular weight is 307 g/mol. The molecule has 0 fully saturated rings. The molecule has 2 rings (SSSR count). The van der Waals surface area contributed by atoms with Crippen molar-refractivity contribution in [3.63, 3.8) is 0 Å². The molecule has 21 heavy (non-hydrogen) atoms. The number of hydrogen-bond donors (Lipinski definition) is 1. The highest BCUT2D eigenvalue weighted by Crippen LogP contribution is 2.15. The number of aryl methyl sites for hydroxylation is 1. The van der Waals surface area contributed by atoms with Crippen LogP contribution in [0, 0.1) is 0 Å². The van der Waals surface area contributed by atoms with Crippen molar-refractivity contribution in [1.29, 1.82) is 0 Å². The van der Waals surface area contributed by atoms with Crippen molar-refractivity contribution >= 4 is 17.7 Å². The lowest BCUT2D eigenvalue weighted by Crippen LogP contribution is -2.26. The Morgan fingerprint density at radius 3 is 2.95 bits per heavy atom. The zero-order valence-electron chi connectivity index (χ0n) is 11.9. The standard InChI is InChI=1S/C13H17N5O2S/c1-17(9-10-4-3-5-11(19)8-10)12(20)6-7-21-13-14-15-16-18(13)2/h3-5,8,19H,6-7,9H2,1-2H3. The van der Waals surface area contributed by atoms with E-state index in [9.17, 15) is 9.90 Å². The summed E-state index contributed by atoms with van der Waals surface area (Å²) in [5.41, 5.74) is 0.899. The molecule has 0 aliphatic rings. The number of amides is 1. The number of phenols is 1. The minimum atomic E-state index is 0.0426. The van der Waals surface area contributed by atoms with Crippen LogP contribution in [0.25, 0.3) is 0 Å². The van der Waals surface area contributed by atoms with Gasteiger partial charge in [0, 0.05) is 32.8 Å². The quantitative estimate of drug-likeness (QED) is 0.803. The maximum absolute atomic E-state index is 12.0. The summed E-state index contributed by atoms with van der Waals surface area (Å²) < 4.78 is 1.58. The highest BCUT2D eigenvalue weighted by atomic mass is 32.2. The number of carbonyl (C=O) groups excluding carboxylic acids is 1. The predicted molar refractivity (Wildman–Crippen MR) is 78.7 cm³/mol. The third kappa shape index (κ3) is 4.45. The van der Waals surface area contributed by atoms with Gasteiger partial charge in [-0.2, -0.15) is 0 Å². The van der Waals surface area contributed by atoms with Crippen molar-refractivity contribution in [2.45, 2.75) is 18.1 Å². The molecule has 2 aromatic rings. The molecule has 7 nitrogen and oxygen atoms in total. The molecule has 1 N–H and O–H groups in total. The molecular weight excluding hydrogens is 290 g/mol. The predicted octanol–water partition coefficient (Wildman–Crippen LogP) is 1.06. The number of hydrogen-bond acceptors (Lipinski definition) is 6. The first-order valence-electron chi connectivity index (χ1n) is 6.43. The van der Waals surface area contributed by atoms with E-state index in [2.05, 4.69) is 15.5 Å². The zero-order valence-corrected chi connectivity index (χ0v) is 12.7. The number of aromatic hydroxyl groups is 1. The largest absolute Gasteiger partial charge is 0.508 e. The molecule has 8 heteroatoms. The molecule has 1 amide bonds. The average Bonchev–Trinajstić information content (AvgIpc) is 2.84. The minimum Gasteiger partial charge on any atom is -0.508 e. The van der Waals surface area contributed by atoms with Crippen LogP contribution in [0.2, 0.25) is 0 Å². The lowest BCUT2D eigenvalue weighted by molar-refractivity contribution is -0.129. The van der Waals surface area contributed by atoms with E-state index in [0.717, 1.165) is 5.56 Å². The van der Waals surface area contributed by atoms with Crippen LogP contribution in [0.15, 0.2) is 29.4 Å². The molecule has 0 spiro atoms. The first-order valence-corrected chi connectivity index (χ1v) is 7.42. The van der Waals surface area contributed by atoms with E-state index >= 15 is 0 Å². The Morgan fingerprint density at radius 2 is 2.29 bits per heavy atom. The van der Waals surface area contributed by atoms with E-state index < -0.39 is 0 Å². The Bertz CT molecular complexity index is 616. The molecule has 1 aromatic carbocycles. The zero-order chi connectivity index (χ0) is 15.2. The molecule has 0 radical (unpaired) electrons. The van der Waals surface area contributed by atoms with Crippen molar-refractivity contribution in [3.8, 4) is 5.75 Å². The van der Waals surface area contributed by atoms with E-state index in [1.54, 1.807) is 41.9 Å². The van der Waals surface area contributed by atoms with Crippen LogP contribution in [-0.4, -0.2) is 48.9 Å². The third-order valence-electron chi connectivity index (χ3n) is 2.88. The lowest BCUT2D eigenvalue weighted by Gasteiger charge is -2.17. The first-order chi connectivity index (χ1) is 10.1. The molecule has 112 valence electrons. The summed E-state index contributed by atoms with van der Waals surface area (Å²) in [5.74, 6) is 0.872. The number of tetrazole rings is 1. The maximum atomic E-state index is 12.0. The Labute approximate surface area is 127 Å². The van der Waals surface area contributed by atoms with Crippen molar-refractivity contribution in [1.82, 2.24) is 25.1 Å². The van der Waals surface area contributed by atoms with Gasteiger partial charge in [0.1, 0.15) is 5.75 Å². The number of aromatic nitrogens is 4. The van der Waals surface area contributed by atoms with Crippen LogP contribution in [0.5, 0.6) is 5.75 Å². The van der Waals surface area contributed by atoms with Gasteiger partial charge in [-0.15, -0.1) is 5.10 Å². The van der Waals surface area contributed by atoms with Gasteiger partial charge in [0.25, 0.3) is 0 Å².